The van der Waals surface area contributed by atoms with Gasteiger partial charge >= 0.3 is 0 Å². The van der Waals surface area contributed by atoms with Crippen LogP contribution in [0.3, 0.4) is 0 Å². The van der Waals surface area contributed by atoms with Gasteiger partial charge in [0.1, 0.15) is 5.78 Å². The number of hydrogen-bond donors (Lipinski definition) is 0. The van der Waals surface area contributed by atoms with E-state index in [-0.39, 0.29) is 23.1 Å². The number of fused-ring (bicyclic) bond motifs is 2. The second-order valence-electron chi connectivity index (χ2n) is 8.55. The molecule has 6 heteroatoms. The van der Waals surface area contributed by atoms with Crippen molar-refractivity contribution in [2.75, 3.05) is 25.4 Å². The van der Waals surface area contributed by atoms with Gasteiger partial charge in [0.2, 0.25) is 10.0 Å². The second-order valence-corrected chi connectivity index (χ2v) is 10.5. The van der Waals surface area contributed by atoms with Crippen LogP contribution in [0.2, 0.25) is 0 Å². The smallest absolute Gasteiger partial charge is 0.215 e. The number of morpholine rings is 1. The van der Waals surface area contributed by atoms with E-state index in [0.29, 0.717) is 38.5 Å². The molecule has 0 aromatic heterocycles. The summed E-state index contributed by atoms with van der Waals surface area (Å²) in [4.78, 5) is 12.7. The van der Waals surface area contributed by atoms with Crippen LogP contribution in [0.15, 0.2) is 30.3 Å². The van der Waals surface area contributed by atoms with E-state index in [1.807, 2.05) is 30.3 Å². The molecular formula is C20H27NO4S. The van der Waals surface area contributed by atoms with Crippen LogP contribution >= 0.6 is 0 Å². The lowest BCUT2D eigenvalue weighted by Gasteiger charge is -2.39. The zero-order chi connectivity index (χ0) is 18.6. The molecule has 3 atom stereocenters. The monoisotopic (exact) mass is 377 g/mol. The van der Waals surface area contributed by atoms with Gasteiger partial charge in [-0.3, -0.25) is 4.79 Å². The van der Waals surface area contributed by atoms with Crippen molar-refractivity contribution in [1.82, 2.24) is 4.31 Å². The molecule has 3 fully saturated rings. The Bertz CT molecular complexity index is 804. The Morgan fingerprint density at radius 2 is 1.96 bits per heavy atom. The van der Waals surface area contributed by atoms with Gasteiger partial charge in [-0.2, -0.15) is 4.31 Å². The molecule has 3 aliphatic rings. The van der Waals surface area contributed by atoms with Crippen molar-refractivity contribution in [2.24, 2.45) is 16.7 Å². The minimum Gasteiger partial charge on any atom is -0.371 e. The number of carbonyl (C=O) groups is 1. The Hall–Kier alpha value is -1.24. The predicted octanol–water partition coefficient (Wildman–Crippen LogP) is 2.79. The molecule has 0 spiro atoms. The van der Waals surface area contributed by atoms with E-state index in [1.54, 1.807) is 0 Å². The lowest BCUT2D eigenvalue weighted by Crippen LogP contribution is -2.49. The van der Waals surface area contributed by atoms with Gasteiger partial charge in [0.25, 0.3) is 0 Å². The molecule has 4 rings (SSSR count). The van der Waals surface area contributed by atoms with E-state index in [0.717, 1.165) is 12.0 Å². The Balaban J connectivity index is 1.56. The number of ketones is 1. The maximum absolute atomic E-state index is 13.3. The highest BCUT2D eigenvalue weighted by Crippen LogP contribution is 2.64. The molecule has 1 aliphatic heterocycles. The highest BCUT2D eigenvalue weighted by Gasteiger charge is 2.65. The minimum atomic E-state index is -3.52. The molecule has 26 heavy (non-hydrogen) atoms. The van der Waals surface area contributed by atoms with Crippen LogP contribution in [-0.4, -0.2) is 44.0 Å². The summed E-state index contributed by atoms with van der Waals surface area (Å²) < 4.78 is 33.9. The fourth-order valence-electron chi connectivity index (χ4n) is 5.26. The van der Waals surface area contributed by atoms with E-state index >= 15 is 0 Å². The molecule has 0 amide bonds. The summed E-state index contributed by atoms with van der Waals surface area (Å²) in [5.41, 5.74) is 0.0445. The van der Waals surface area contributed by atoms with Gasteiger partial charge in [0.05, 0.1) is 18.5 Å². The molecule has 142 valence electrons. The van der Waals surface area contributed by atoms with Crippen molar-refractivity contribution in [3.8, 4) is 0 Å². The molecule has 1 heterocycles. The third kappa shape index (κ3) is 2.65. The molecule has 5 nitrogen and oxygen atoms in total. The van der Waals surface area contributed by atoms with Crippen LogP contribution in [0.25, 0.3) is 0 Å². The second kappa shape index (κ2) is 6.14. The number of hydrogen-bond acceptors (Lipinski definition) is 4. The van der Waals surface area contributed by atoms with Crippen LogP contribution in [-0.2, 0) is 19.6 Å². The molecular weight excluding hydrogens is 350 g/mol. The molecule has 0 radical (unpaired) electrons. The third-order valence-corrected chi connectivity index (χ3v) is 9.14. The van der Waals surface area contributed by atoms with Crippen LogP contribution in [0.4, 0.5) is 0 Å². The lowest BCUT2D eigenvalue weighted by molar-refractivity contribution is -0.128. The highest BCUT2D eigenvalue weighted by atomic mass is 32.2. The predicted molar refractivity (Wildman–Crippen MR) is 99.1 cm³/mol. The number of sulfonamides is 1. The van der Waals surface area contributed by atoms with Gasteiger partial charge in [0, 0.05) is 24.9 Å². The summed E-state index contributed by atoms with van der Waals surface area (Å²) in [7, 11) is -3.52. The number of ether oxygens (including phenoxy) is 1. The van der Waals surface area contributed by atoms with Crippen LogP contribution in [0, 0.1) is 16.7 Å². The Labute approximate surface area is 155 Å². The zero-order valence-electron chi connectivity index (χ0n) is 15.5. The van der Waals surface area contributed by atoms with Crippen molar-refractivity contribution in [1.29, 1.82) is 0 Å². The van der Waals surface area contributed by atoms with Crippen molar-refractivity contribution >= 4 is 15.8 Å². The molecule has 2 aliphatic carbocycles. The fourth-order valence-corrected chi connectivity index (χ4v) is 7.46. The minimum absolute atomic E-state index is 0.0517. The van der Waals surface area contributed by atoms with Crippen molar-refractivity contribution in [3.05, 3.63) is 35.9 Å². The summed E-state index contributed by atoms with van der Waals surface area (Å²) in [5.74, 6) is 0.422. The van der Waals surface area contributed by atoms with Gasteiger partial charge in [0.15, 0.2) is 0 Å². The van der Waals surface area contributed by atoms with E-state index in [2.05, 4.69) is 13.8 Å². The molecule has 2 bridgehead atoms. The quantitative estimate of drug-likeness (QED) is 0.809. The van der Waals surface area contributed by atoms with Gasteiger partial charge < -0.3 is 4.74 Å². The number of benzene rings is 1. The molecule has 0 N–H and O–H groups in total. The normalized spacial score (nSPS) is 34.3. The van der Waals surface area contributed by atoms with Crippen molar-refractivity contribution in [3.63, 3.8) is 0 Å². The van der Waals surface area contributed by atoms with Gasteiger partial charge in [-0.05, 0) is 29.7 Å². The fraction of sp³-hybridized carbons (Fsp3) is 0.650. The summed E-state index contributed by atoms with van der Waals surface area (Å²) >= 11 is 0. The number of rotatable bonds is 4. The van der Waals surface area contributed by atoms with Crippen LogP contribution in [0.5, 0.6) is 0 Å². The van der Waals surface area contributed by atoms with Gasteiger partial charge in [-0.15, -0.1) is 0 Å². The van der Waals surface area contributed by atoms with Crippen molar-refractivity contribution in [2.45, 2.75) is 39.2 Å². The van der Waals surface area contributed by atoms with Crippen molar-refractivity contribution < 1.29 is 17.9 Å². The largest absolute Gasteiger partial charge is 0.371 e. The molecule has 1 saturated heterocycles. The van der Waals surface area contributed by atoms with E-state index in [4.69, 9.17) is 4.74 Å². The first-order chi connectivity index (χ1) is 12.3. The SMILES string of the molecule is CC1(C)[C@H]2CC[C@@]1(CS(=O)(=O)N1CCO[C@@H](c3ccccc3)C1)C(=O)C2. The van der Waals surface area contributed by atoms with Crippen LogP contribution in [0.1, 0.15) is 44.8 Å². The summed E-state index contributed by atoms with van der Waals surface area (Å²) in [6, 6.07) is 9.73. The van der Waals surface area contributed by atoms with Gasteiger partial charge in [-0.1, -0.05) is 44.2 Å². The topological polar surface area (TPSA) is 63.7 Å². The standard InChI is InChI=1S/C20H27NO4S/c1-19(2)16-8-9-20(19,18(22)12-16)14-26(23,24)21-10-11-25-17(13-21)15-6-4-3-5-7-15/h3-7,16-17H,8-14H2,1-2H3/t16-,17+,20+/m0/s1. The average Bonchev–Trinajstić information content (AvgIpc) is 2.96. The zero-order valence-corrected chi connectivity index (χ0v) is 16.3. The summed E-state index contributed by atoms with van der Waals surface area (Å²) in [5, 5.41) is 0. The number of nitrogens with zero attached hydrogens (tertiary/aromatic N) is 1. The molecule has 2 saturated carbocycles. The molecule has 0 unspecified atom stereocenters. The first-order valence-corrected chi connectivity index (χ1v) is 11.0. The van der Waals surface area contributed by atoms with E-state index in [1.165, 1.54) is 4.31 Å². The Morgan fingerprint density at radius 1 is 1.23 bits per heavy atom. The summed E-state index contributed by atoms with van der Waals surface area (Å²) in [6.45, 7) is 5.22. The van der Waals surface area contributed by atoms with E-state index < -0.39 is 15.4 Å². The molecule has 1 aromatic rings. The maximum atomic E-state index is 13.3. The van der Waals surface area contributed by atoms with E-state index in [9.17, 15) is 13.2 Å². The molecule has 1 aromatic carbocycles. The highest BCUT2D eigenvalue weighted by molar-refractivity contribution is 7.89. The number of Topliss-reactive ketones (excluding diaryl/α,β-unsaturated/α-hetero) is 1. The first kappa shape index (κ1) is 18.1. The van der Waals surface area contributed by atoms with Gasteiger partial charge in [-0.25, -0.2) is 8.42 Å². The Morgan fingerprint density at radius 3 is 2.58 bits per heavy atom. The number of carbonyl (C=O) groups excluding carboxylic acids is 1. The maximum Gasteiger partial charge on any atom is 0.215 e. The Kier molecular flexibility index (Phi) is 4.29. The summed E-state index contributed by atoms with van der Waals surface area (Å²) in [6.07, 6.45) is 1.96. The van der Waals surface area contributed by atoms with Crippen LogP contribution < -0.4 is 0 Å². The lowest BCUT2D eigenvalue weighted by atomic mass is 9.70. The average molecular weight is 378 g/mol. The first-order valence-electron chi connectivity index (χ1n) is 9.44. The third-order valence-electron chi connectivity index (χ3n) is 7.16.